The SMILES string of the molecule is c1cc(-c2c3ccccc3c(-c3ccc4ccccc4c3)c3ccccc23)cc(-n2nc3c(-c4ccncc4)ccc(-c4ccncc4)c3n2)c1.c1ccc(-c2c3ccccc3c(-c3cccc(-n4nc5c(-c6cccnc6)ccc(-c6ccccn6)c5n4)c3)c3ccccc23)cc1.c1ccc(-c2ccc(-c3ccccn3)c3nn(-c4ccc(-c5c6ccccc6c(-c6ccc7ccccc7c6)c6ccccc56)cc4)nc23)nc1. The largest absolute Gasteiger partial charge is 0.265 e. The zero-order chi connectivity index (χ0) is 98.6. The molecule has 0 fully saturated rings. The summed E-state index contributed by atoms with van der Waals surface area (Å²) in [5.74, 6) is 0. The van der Waals surface area contributed by atoms with E-state index >= 15 is 0 Å². The Labute approximate surface area is 856 Å². The van der Waals surface area contributed by atoms with Gasteiger partial charge in [-0.25, -0.2) is 0 Å². The van der Waals surface area contributed by atoms with Gasteiger partial charge in [0.2, 0.25) is 0 Å². The van der Waals surface area contributed by atoms with Crippen LogP contribution in [0.5, 0.6) is 0 Å². The molecule has 0 spiro atoms. The minimum Gasteiger partial charge on any atom is -0.265 e. The summed E-state index contributed by atoms with van der Waals surface area (Å²) < 4.78 is 0. The van der Waals surface area contributed by atoms with Crippen molar-refractivity contribution >= 4 is 119 Å². The van der Waals surface area contributed by atoms with Crippen molar-refractivity contribution in [2.45, 2.75) is 0 Å². The van der Waals surface area contributed by atoms with E-state index in [4.69, 9.17) is 30.6 Å². The molecular weight excluding hydrogens is 1820 g/mol. The highest BCUT2D eigenvalue weighted by Crippen LogP contribution is 2.50. The molecule has 0 aliphatic heterocycles. The number of fused-ring (bicyclic) bond motifs is 11. The monoisotopic (exact) mass is 1900 g/mol. The van der Waals surface area contributed by atoms with Crippen LogP contribution in [-0.4, -0.2) is 74.9 Å². The molecule has 29 aromatic rings. The molecule has 0 aliphatic carbocycles. The van der Waals surface area contributed by atoms with E-state index in [0.717, 1.165) is 134 Å². The van der Waals surface area contributed by atoms with E-state index in [2.05, 4.69) is 406 Å². The van der Waals surface area contributed by atoms with Gasteiger partial charge in [0.15, 0.2) is 0 Å². The molecule has 29 rings (SSSR count). The van der Waals surface area contributed by atoms with Crippen molar-refractivity contribution in [2.75, 3.05) is 0 Å². The van der Waals surface area contributed by atoms with Gasteiger partial charge in [-0.05, 0) is 298 Å². The van der Waals surface area contributed by atoms with Crippen molar-refractivity contribution < 1.29 is 0 Å². The zero-order valence-corrected chi connectivity index (χ0v) is 80.3. The Kier molecular flexibility index (Phi) is 22.2. The first-order valence-electron chi connectivity index (χ1n) is 49.8. The fourth-order valence-corrected chi connectivity index (χ4v) is 21.7. The van der Waals surface area contributed by atoms with E-state index < -0.39 is 0 Å². The maximum atomic E-state index is 5.15. The third kappa shape index (κ3) is 16.0. The Bertz CT molecular complexity index is 9820. The van der Waals surface area contributed by atoms with Gasteiger partial charge < -0.3 is 0 Å². The van der Waals surface area contributed by atoms with E-state index in [1.165, 1.54) is 136 Å². The van der Waals surface area contributed by atoms with Crippen molar-refractivity contribution in [1.29, 1.82) is 0 Å². The predicted molar refractivity (Wildman–Crippen MR) is 609 cm³/mol. The number of hydrogen-bond donors (Lipinski definition) is 0. The smallest absolute Gasteiger partial charge is 0.123 e. The van der Waals surface area contributed by atoms with Gasteiger partial charge in [-0.1, -0.05) is 328 Å². The van der Waals surface area contributed by atoms with Gasteiger partial charge in [0, 0.05) is 94.7 Å². The second-order valence-electron chi connectivity index (χ2n) is 37.1. The molecule has 696 valence electrons. The number of benzene rings is 20. The molecule has 0 atom stereocenters. The van der Waals surface area contributed by atoms with Gasteiger partial charge in [0.25, 0.3) is 0 Å². The maximum absolute atomic E-state index is 5.15. The first-order valence-corrected chi connectivity index (χ1v) is 49.8. The highest BCUT2D eigenvalue weighted by molar-refractivity contribution is 6.25. The Morgan fingerprint density at radius 3 is 0.745 bits per heavy atom. The molecular formula is C134H85N15. The van der Waals surface area contributed by atoms with Gasteiger partial charge in [-0.2, -0.15) is 14.4 Å². The normalized spacial score (nSPS) is 11.5. The van der Waals surface area contributed by atoms with E-state index in [1.54, 1.807) is 33.0 Å². The van der Waals surface area contributed by atoms with Gasteiger partial charge >= 0.3 is 0 Å². The summed E-state index contributed by atoms with van der Waals surface area (Å²) in [5, 5.41) is 50.2. The van der Waals surface area contributed by atoms with E-state index in [1.807, 2.05) is 122 Å². The molecule has 0 N–H and O–H groups in total. The fourth-order valence-electron chi connectivity index (χ4n) is 21.7. The van der Waals surface area contributed by atoms with Crippen molar-refractivity contribution in [3.8, 4) is 151 Å². The molecule has 0 aliphatic rings. The molecule has 0 bridgehead atoms. The Balaban J connectivity index is 0.000000110. The van der Waals surface area contributed by atoms with Gasteiger partial charge in [-0.3, -0.25) is 29.9 Å². The Morgan fingerprint density at radius 2 is 0.409 bits per heavy atom. The molecule has 9 heterocycles. The number of nitrogens with zero attached hydrogens (tertiary/aromatic N) is 15. The molecule has 0 amide bonds. The third-order valence-corrected chi connectivity index (χ3v) is 28.5. The average Bonchev–Trinajstić information content (AvgIpc) is 1.68. The molecule has 0 unspecified atom stereocenters. The standard InChI is InChI=1S/2C46H29N5.C42H27N5/c1-2-12-32-29-33(20-19-30(32)11-1)44-37-15-5-3-13-35(37)43(36-14-4-6-16-38(36)44)31-21-23-34(24-22-31)51-49-45-39(41-17-7-9-27-47-41)25-26-40(46(45)50-51)42-18-8-10-28-48-42;1-2-9-33-28-35(17-16-30(33)8-1)44-41-14-5-3-12-39(41)43(40-13-4-6-15-42(40)44)34-10-7-11-36(29-34)51-49-45-37(31-20-24-47-25-21-31)18-19-38(46(45)50-51)32-22-26-48-27-23-32;1-2-12-28(13-3-1)39-33-17-4-6-19-35(33)40(36-20-7-5-18-34(36)39)29-14-10-16-31(26-29)47-45-41-32(30-15-11-24-43-27-30)22-23-37(42(41)46-47)38-21-8-9-25-44-38/h2*1-29H;1-27H. The summed E-state index contributed by atoms with van der Waals surface area (Å²) in [6.45, 7) is 0. The lowest BCUT2D eigenvalue weighted by molar-refractivity contribution is 0.766. The molecule has 149 heavy (non-hydrogen) atoms. The van der Waals surface area contributed by atoms with E-state index in [9.17, 15) is 0 Å². The van der Waals surface area contributed by atoms with Crippen LogP contribution in [0, 0.1) is 0 Å². The summed E-state index contributed by atoms with van der Waals surface area (Å²) in [6, 6.07) is 162. The number of rotatable bonds is 15. The Hall–Kier alpha value is -20.4. The minimum absolute atomic E-state index is 0.780. The summed E-state index contributed by atoms with van der Waals surface area (Å²) >= 11 is 0. The van der Waals surface area contributed by atoms with Crippen LogP contribution in [-0.2, 0) is 0 Å². The van der Waals surface area contributed by atoms with Crippen LogP contribution in [0.15, 0.2) is 517 Å². The molecule has 15 heteroatoms. The molecule has 0 saturated heterocycles. The molecule has 9 aromatic heterocycles. The first-order chi connectivity index (χ1) is 73.9. The molecule has 0 saturated carbocycles. The summed E-state index contributed by atoms with van der Waals surface area (Å²) in [7, 11) is 0. The molecule has 20 aromatic carbocycles. The topological polar surface area (TPSA) is 169 Å². The van der Waals surface area contributed by atoms with Gasteiger partial charge in [0.05, 0.1) is 34.1 Å². The lowest BCUT2D eigenvalue weighted by atomic mass is 9.85. The lowest BCUT2D eigenvalue weighted by Gasteiger charge is -2.18. The van der Waals surface area contributed by atoms with E-state index in [0.29, 0.717) is 0 Å². The van der Waals surface area contributed by atoms with Crippen molar-refractivity contribution in [1.82, 2.24) is 74.9 Å². The molecule has 0 radical (unpaired) electrons. The van der Waals surface area contributed by atoms with Crippen LogP contribution in [0.2, 0.25) is 0 Å². The summed E-state index contributed by atoms with van der Waals surface area (Å²) in [6.07, 6.45) is 16.3. The quantitative estimate of drug-likeness (QED) is 0.0892. The number of aromatic nitrogens is 15. The van der Waals surface area contributed by atoms with Gasteiger partial charge in [0.1, 0.15) is 33.1 Å². The number of pyridine rings is 6. The van der Waals surface area contributed by atoms with Crippen molar-refractivity contribution in [2.24, 2.45) is 0 Å². The lowest BCUT2D eigenvalue weighted by Crippen LogP contribution is -1.99. The summed E-state index contributed by atoms with van der Waals surface area (Å²) in [4.78, 5) is 32.0. The van der Waals surface area contributed by atoms with Crippen LogP contribution < -0.4 is 0 Å². The molecule has 15 nitrogen and oxygen atoms in total. The van der Waals surface area contributed by atoms with Crippen LogP contribution in [0.3, 0.4) is 0 Å². The van der Waals surface area contributed by atoms with Crippen LogP contribution in [0.25, 0.3) is 270 Å². The summed E-state index contributed by atoms with van der Waals surface area (Å²) in [5.41, 5.74) is 33.2. The average molecular weight is 1910 g/mol. The fraction of sp³-hybridized carbons (Fsp3) is 0. The minimum atomic E-state index is 0.780. The van der Waals surface area contributed by atoms with Crippen molar-refractivity contribution in [3.05, 3.63) is 517 Å². The second-order valence-corrected chi connectivity index (χ2v) is 37.1. The van der Waals surface area contributed by atoms with Crippen LogP contribution in [0.1, 0.15) is 0 Å². The highest BCUT2D eigenvalue weighted by atomic mass is 15.5. The van der Waals surface area contributed by atoms with Crippen molar-refractivity contribution in [3.63, 3.8) is 0 Å². The van der Waals surface area contributed by atoms with Gasteiger partial charge in [-0.15, -0.1) is 30.6 Å². The maximum Gasteiger partial charge on any atom is 0.123 e. The number of hydrogen-bond acceptors (Lipinski definition) is 12. The van der Waals surface area contributed by atoms with Crippen LogP contribution in [0.4, 0.5) is 0 Å². The zero-order valence-electron chi connectivity index (χ0n) is 80.3. The Morgan fingerprint density at radius 1 is 0.141 bits per heavy atom. The van der Waals surface area contributed by atoms with E-state index in [-0.39, 0.29) is 0 Å². The first kappa shape index (κ1) is 87.6. The second kappa shape index (κ2) is 37.8. The predicted octanol–water partition coefficient (Wildman–Crippen LogP) is 32.9. The highest BCUT2D eigenvalue weighted by Gasteiger charge is 2.27. The third-order valence-electron chi connectivity index (χ3n) is 28.5. The van der Waals surface area contributed by atoms with Crippen LogP contribution >= 0.6 is 0 Å².